The highest BCUT2D eigenvalue weighted by Crippen LogP contribution is 2.39. The Kier molecular flexibility index (Phi) is 5.91. The maximum absolute atomic E-state index is 9.18. The van der Waals surface area contributed by atoms with Gasteiger partial charge in [0.25, 0.3) is 0 Å². The fourth-order valence-corrected chi connectivity index (χ4v) is 3.82. The third-order valence-electron chi connectivity index (χ3n) is 5.17. The molecule has 1 aliphatic carbocycles. The molecule has 0 unspecified atom stereocenters. The van der Waals surface area contributed by atoms with Gasteiger partial charge < -0.3 is 4.74 Å². The molecule has 4 nitrogen and oxygen atoms in total. The minimum Gasteiger partial charge on any atom is -0.494 e. The molecule has 0 fully saturated rings. The van der Waals surface area contributed by atoms with Crippen LogP contribution >= 0.6 is 0 Å². The summed E-state index contributed by atoms with van der Waals surface area (Å²) in [7, 11) is 1.74. The SMILES string of the molecule is CN=C1C(C#[N+]O)=C(c2ccccc2)c2ccc(OCCCc3ccccc3)cc21. The van der Waals surface area contributed by atoms with Crippen LogP contribution in [-0.4, -0.2) is 24.6 Å². The summed E-state index contributed by atoms with van der Waals surface area (Å²) in [6.45, 7) is 0.641. The van der Waals surface area contributed by atoms with Crippen molar-refractivity contribution < 1.29 is 9.94 Å². The third-order valence-corrected chi connectivity index (χ3v) is 5.17. The Morgan fingerprint density at radius 3 is 2.37 bits per heavy atom. The van der Waals surface area contributed by atoms with E-state index < -0.39 is 0 Å². The largest absolute Gasteiger partial charge is 0.494 e. The lowest BCUT2D eigenvalue weighted by Gasteiger charge is -2.10. The second kappa shape index (κ2) is 9.11. The molecule has 0 aromatic heterocycles. The molecule has 0 heterocycles. The van der Waals surface area contributed by atoms with E-state index in [1.54, 1.807) is 7.05 Å². The zero-order chi connectivity index (χ0) is 20.8. The Hall–Kier alpha value is -3.84. The number of ether oxygens (including phenoxy) is 1. The molecule has 4 rings (SSSR count). The van der Waals surface area contributed by atoms with E-state index in [1.165, 1.54) is 5.56 Å². The van der Waals surface area contributed by atoms with Gasteiger partial charge in [0.2, 0.25) is 5.01 Å². The van der Waals surface area contributed by atoms with Crippen molar-refractivity contribution in [3.05, 3.63) is 112 Å². The summed E-state index contributed by atoms with van der Waals surface area (Å²) in [5, 5.41) is 12.3. The van der Waals surface area contributed by atoms with Crippen molar-refractivity contribution in [2.24, 2.45) is 4.99 Å². The maximum atomic E-state index is 9.18. The minimum atomic E-state index is 0.641. The van der Waals surface area contributed by atoms with Crippen LogP contribution in [0.1, 0.15) is 28.7 Å². The number of hydrogen-bond donors (Lipinski definition) is 1. The van der Waals surface area contributed by atoms with E-state index >= 15 is 0 Å². The summed E-state index contributed by atoms with van der Waals surface area (Å²) in [6.07, 6.45) is 1.93. The van der Waals surface area contributed by atoms with Gasteiger partial charge in [-0.1, -0.05) is 60.7 Å². The lowest BCUT2D eigenvalue weighted by atomic mass is 9.98. The van der Waals surface area contributed by atoms with E-state index in [0.717, 1.165) is 46.6 Å². The molecule has 0 saturated heterocycles. The zero-order valence-corrected chi connectivity index (χ0v) is 16.9. The van der Waals surface area contributed by atoms with Crippen molar-refractivity contribution in [2.75, 3.05) is 13.7 Å². The molecule has 0 spiro atoms. The highest BCUT2D eigenvalue weighted by atomic mass is 16.5. The molecule has 0 atom stereocenters. The minimum absolute atomic E-state index is 0.641. The quantitative estimate of drug-likeness (QED) is 0.433. The first-order valence-corrected chi connectivity index (χ1v) is 10.0. The first-order valence-electron chi connectivity index (χ1n) is 10.0. The topological polar surface area (TPSA) is 46.2 Å². The van der Waals surface area contributed by atoms with E-state index in [0.29, 0.717) is 12.2 Å². The predicted octanol–water partition coefficient (Wildman–Crippen LogP) is 5.65. The molecule has 3 aromatic rings. The van der Waals surface area contributed by atoms with Crippen molar-refractivity contribution in [1.82, 2.24) is 0 Å². The van der Waals surface area contributed by atoms with Gasteiger partial charge in [-0.2, -0.15) is 5.21 Å². The van der Waals surface area contributed by atoms with Gasteiger partial charge in [-0.15, -0.1) is 0 Å². The molecule has 0 bridgehead atoms. The molecule has 3 aromatic carbocycles. The number of nitrogens with zero attached hydrogens (tertiary/aromatic N) is 2. The lowest BCUT2D eigenvalue weighted by molar-refractivity contribution is 0.311. The molecule has 4 heteroatoms. The van der Waals surface area contributed by atoms with Gasteiger partial charge in [-0.3, -0.25) is 4.99 Å². The Balaban J connectivity index is 1.57. The van der Waals surface area contributed by atoms with Gasteiger partial charge >= 0.3 is 6.07 Å². The Bertz CT molecular complexity index is 1150. The number of aryl methyl sites for hydroxylation is 1. The molecular formula is C26H23N2O2+. The second-order valence-electron chi connectivity index (χ2n) is 7.05. The zero-order valence-electron chi connectivity index (χ0n) is 16.9. The number of rotatable bonds is 6. The number of hydrogen-bond acceptors (Lipinski definition) is 3. The van der Waals surface area contributed by atoms with Crippen molar-refractivity contribution in [1.29, 1.82) is 0 Å². The van der Waals surface area contributed by atoms with Gasteiger partial charge in [0.05, 0.1) is 12.3 Å². The van der Waals surface area contributed by atoms with Crippen molar-refractivity contribution >= 4 is 11.3 Å². The summed E-state index contributed by atoms with van der Waals surface area (Å²) in [4.78, 5) is 4.45. The fourth-order valence-electron chi connectivity index (χ4n) is 3.82. The number of aliphatic imine (C=N–C) groups is 1. The van der Waals surface area contributed by atoms with Crippen molar-refractivity contribution in [2.45, 2.75) is 12.8 Å². The van der Waals surface area contributed by atoms with E-state index in [4.69, 9.17) is 4.74 Å². The Labute approximate surface area is 176 Å². The Morgan fingerprint density at radius 2 is 1.67 bits per heavy atom. The van der Waals surface area contributed by atoms with Crippen LogP contribution in [0.5, 0.6) is 5.75 Å². The van der Waals surface area contributed by atoms with Crippen LogP contribution in [0.25, 0.3) is 10.6 Å². The van der Waals surface area contributed by atoms with Gasteiger partial charge in [0.15, 0.2) is 0 Å². The molecule has 0 amide bonds. The van der Waals surface area contributed by atoms with Crippen LogP contribution in [0.4, 0.5) is 0 Å². The first-order chi connectivity index (χ1) is 14.8. The third kappa shape index (κ3) is 3.97. The first kappa shape index (κ1) is 19.5. The highest BCUT2D eigenvalue weighted by molar-refractivity contribution is 6.27. The van der Waals surface area contributed by atoms with Gasteiger partial charge in [0.1, 0.15) is 11.3 Å². The maximum Gasteiger partial charge on any atom is 0.391 e. The van der Waals surface area contributed by atoms with Crippen LogP contribution in [-0.2, 0) is 6.42 Å². The van der Waals surface area contributed by atoms with Crippen LogP contribution in [0.2, 0.25) is 0 Å². The van der Waals surface area contributed by atoms with Crippen molar-refractivity contribution in [3.63, 3.8) is 0 Å². The van der Waals surface area contributed by atoms with E-state index in [1.807, 2.05) is 54.6 Å². The average Bonchev–Trinajstić information content (AvgIpc) is 3.10. The second-order valence-corrected chi connectivity index (χ2v) is 7.05. The van der Waals surface area contributed by atoms with Crippen LogP contribution < -0.4 is 4.74 Å². The summed E-state index contributed by atoms with van der Waals surface area (Å²) in [5.74, 6) is 0.803. The molecule has 148 valence electrons. The Morgan fingerprint density at radius 1 is 0.933 bits per heavy atom. The molecule has 0 saturated carbocycles. The van der Waals surface area contributed by atoms with E-state index in [9.17, 15) is 5.21 Å². The number of fused-ring (bicyclic) bond motifs is 1. The van der Waals surface area contributed by atoms with Crippen LogP contribution in [0, 0.1) is 6.07 Å². The molecule has 30 heavy (non-hydrogen) atoms. The summed E-state index contributed by atoms with van der Waals surface area (Å²) in [6, 6.07) is 29.2. The van der Waals surface area contributed by atoms with Gasteiger partial charge in [0, 0.05) is 18.2 Å². The summed E-state index contributed by atoms with van der Waals surface area (Å²) < 4.78 is 6.02. The van der Waals surface area contributed by atoms with Crippen LogP contribution in [0.15, 0.2) is 89.4 Å². The predicted molar refractivity (Wildman–Crippen MR) is 121 cm³/mol. The molecule has 1 aliphatic rings. The normalized spacial score (nSPS) is 13.7. The molecular weight excluding hydrogens is 372 g/mol. The smallest absolute Gasteiger partial charge is 0.391 e. The number of benzene rings is 3. The summed E-state index contributed by atoms with van der Waals surface area (Å²) >= 11 is 0. The molecule has 1 N–H and O–H groups in total. The van der Waals surface area contributed by atoms with Crippen molar-refractivity contribution in [3.8, 4) is 11.8 Å². The van der Waals surface area contributed by atoms with Gasteiger partial charge in [-0.05, 0) is 47.7 Å². The van der Waals surface area contributed by atoms with Crippen LogP contribution in [0.3, 0.4) is 0 Å². The highest BCUT2D eigenvalue weighted by Gasteiger charge is 2.31. The lowest BCUT2D eigenvalue weighted by Crippen LogP contribution is -2.02. The monoisotopic (exact) mass is 395 g/mol. The van der Waals surface area contributed by atoms with E-state index in [2.05, 4.69) is 40.3 Å². The molecule has 0 aliphatic heterocycles. The van der Waals surface area contributed by atoms with E-state index in [-0.39, 0.29) is 0 Å². The standard InChI is InChI=1S/C26H22N2O2/c1-27-26-23-17-21(30-16-8-11-19-9-4-2-5-10-19)14-15-22(23)25(24(26)18-28-29)20-12-6-3-7-13-20/h2-7,9-10,12-15,17H,8,11,16H2,1H3/p+1. The summed E-state index contributed by atoms with van der Waals surface area (Å²) in [5.41, 5.74) is 6.72. The number of allylic oxidation sites excluding steroid dienone is 1. The average molecular weight is 395 g/mol. The van der Waals surface area contributed by atoms with Gasteiger partial charge in [-0.25, -0.2) is 0 Å². The fraction of sp³-hybridized carbons (Fsp3) is 0.154. The molecule has 0 radical (unpaired) electrons.